The van der Waals surface area contributed by atoms with Gasteiger partial charge >= 0.3 is 0 Å². The molecule has 4 rings (SSSR count). The van der Waals surface area contributed by atoms with Crippen LogP contribution >= 0.6 is 0 Å². The van der Waals surface area contributed by atoms with Gasteiger partial charge in [-0.1, -0.05) is 0 Å². The summed E-state index contributed by atoms with van der Waals surface area (Å²) in [6.45, 7) is 3.02. The maximum Gasteiger partial charge on any atom is 0.282 e. The second-order valence-corrected chi connectivity index (χ2v) is 8.78. The zero-order valence-electron chi connectivity index (χ0n) is 14.3. The number of hydrogen-bond acceptors (Lipinski definition) is 6. The van der Waals surface area contributed by atoms with Gasteiger partial charge in [-0.2, -0.15) is 17.0 Å². The molecular formula is C16H25N5O3S. The molecule has 1 aliphatic carbocycles. The van der Waals surface area contributed by atoms with Crippen molar-refractivity contribution in [1.29, 1.82) is 0 Å². The molecule has 0 atom stereocenters. The fraction of sp³-hybridized carbons (Fsp3) is 0.750. The number of nitrogens with zero attached hydrogens (tertiary/aromatic N) is 5. The fourth-order valence-electron chi connectivity index (χ4n) is 3.75. The molecule has 9 heteroatoms. The fourth-order valence-corrected chi connectivity index (χ4v) is 5.36. The van der Waals surface area contributed by atoms with Gasteiger partial charge in [-0.05, 0) is 31.7 Å². The van der Waals surface area contributed by atoms with E-state index in [-0.39, 0.29) is 0 Å². The standard InChI is InChI=1S/C16H25N5O3S/c22-25(23,20-9-11-24-12-10-20)19-7-4-15(5-8-19)21(14-1-2-14)16-3-6-17-13-18-16/h3,6,13-15H,1-2,4-5,7-12H2. The van der Waals surface area contributed by atoms with Crippen molar-refractivity contribution in [2.24, 2.45) is 0 Å². The molecule has 2 saturated heterocycles. The minimum absolute atomic E-state index is 0.346. The summed E-state index contributed by atoms with van der Waals surface area (Å²) < 4.78 is 34.1. The van der Waals surface area contributed by atoms with E-state index in [1.165, 1.54) is 12.8 Å². The van der Waals surface area contributed by atoms with Crippen molar-refractivity contribution in [3.8, 4) is 0 Å². The number of piperidine rings is 1. The molecule has 1 aromatic heterocycles. The van der Waals surface area contributed by atoms with Crippen molar-refractivity contribution in [3.05, 3.63) is 18.6 Å². The summed E-state index contributed by atoms with van der Waals surface area (Å²) >= 11 is 0. The molecule has 0 aromatic carbocycles. The number of morpholine rings is 1. The average molecular weight is 367 g/mol. The van der Waals surface area contributed by atoms with E-state index in [4.69, 9.17) is 4.74 Å². The molecule has 0 spiro atoms. The van der Waals surface area contributed by atoms with E-state index < -0.39 is 10.2 Å². The lowest BCUT2D eigenvalue weighted by Crippen LogP contribution is -2.53. The maximum atomic E-state index is 12.8. The Hall–Kier alpha value is -1.29. The lowest BCUT2D eigenvalue weighted by Gasteiger charge is -2.40. The van der Waals surface area contributed by atoms with Crippen LogP contribution in [0.5, 0.6) is 0 Å². The first-order chi connectivity index (χ1) is 12.2. The summed E-state index contributed by atoms with van der Waals surface area (Å²) in [5, 5.41) is 0. The zero-order chi connectivity index (χ0) is 17.3. The summed E-state index contributed by atoms with van der Waals surface area (Å²) in [6.07, 6.45) is 7.42. The number of aromatic nitrogens is 2. The molecule has 2 aliphatic heterocycles. The highest BCUT2D eigenvalue weighted by Gasteiger charge is 2.39. The Morgan fingerprint density at radius 1 is 1.00 bits per heavy atom. The van der Waals surface area contributed by atoms with Gasteiger partial charge in [0.05, 0.1) is 13.2 Å². The smallest absolute Gasteiger partial charge is 0.282 e. The van der Waals surface area contributed by atoms with Gasteiger partial charge in [0.1, 0.15) is 12.1 Å². The highest BCUT2D eigenvalue weighted by Crippen LogP contribution is 2.35. The normalized spacial score (nSPS) is 24.3. The molecular weight excluding hydrogens is 342 g/mol. The number of anilines is 1. The van der Waals surface area contributed by atoms with Crippen LogP contribution in [0.2, 0.25) is 0 Å². The van der Waals surface area contributed by atoms with Gasteiger partial charge in [-0.25, -0.2) is 9.97 Å². The van der Waals surface area contributed by atoms with Crippen LogP contribution in [0, 0.1) is 0 Å². The highest BCUT2D eigenvalue weighted by molar-refractivity contribution is 7.86. The van der Waals surface area contributed by atoms with Crippen LogP contribution < -0.4 is 4.90 Å². The van der Waals surface area contributed by atoms with Crippen molar-refractivity contribution in [2.75, 3.05) is 44.3 Å². The lowest BCUT2D eigenvalue weighted by molar-refractivity contribution is 0.0696. The summed E-state index contributed by atoms with van der Waals surface area (Å²) in [4.78, 5) is 10.8. The number of ether oxygens (including phenoxy) is 1. The first kappa shape index (κ1) is 17.1. The Balaban J connectivity index is 1.42. The lowest BCUT2D eigenvalue weighted by atomic mass is 10.0. The third-order valence-corrected chi connectivity index (χ3v) is 7.25. The van der Waals surface area contributed by atoms with E-state index in [9.17, 15) is 8.42 Å². The molecule has 3 heterocycles. The molecule has 0 radical (unpaired) electrons. The van der Waals surface area contributed by atoms with Gasteiger partial charge < -0.3 is 9.64 Å². The van der Waals surface area contributed by atoms with E-state index >= 15 is 0 Å². The molecule has 8 nitrogen and oxygen atoms in total. The van der Waals surface area contributed by atoms with Crippen LogP contribution in [0.15, 0.2) is 18.6 Å². The maximum absolute atomic E-state index is 12.8. The Morgan fingerprint density at radius 3 is 2.24 bits per heavy atom. The summed E-state index contributed by atoms with van der Waals surface area (Å²) in [6, 6.07) is 2.84. The zero-order valence-corrected chi connectivity index (χ0v) is 15.1. The van der Waals surface area contributed by atoms with E-state index in [1.54, 1.807) is 21.1 Å². The van der Waals surface area contributed by atoms with Crippen molar-refractivity contribution >= 4 is 16.0 Å². The molecule has 1 saturated carbocycles. The van der Waals surface area contributed by atoms with E-state index in [1.807, 2.05) is 6.07 Å². The van der Waals surface area contributed by atoms with Crippen LogP contribution in [0.3, 0.4) is 0 Å². The molecule has 0 unspecified atom stereocenters. The molecule has 0 amide bonds. The Morgan fingerprint density at radius 2 is 1.64 bits per heavy atom. The van der Waals surface area contributed by atoms with E-state index in [2.05, 4.69) is 14.9 Å². The summed E-state index contributed by atoms with van der Waals surface area (Å²) in [7, 11) is -3.36. The SMILES string of the molecule is O=S(=O)(N1CCOCC1)N1CCC(N(c2ccncn2)C2CC2)CC1. The molecule has 3 aliphatic rings. The summed E-state index contributed by atoms with van der Waals surface area (Å²) in [5.41, 5.74) is 0. The van der Waals surface area contributed by atoms with Crippen molar-refractivity contribution in [1.82, 2.24) is 18.6 Å². The number of hydrogen-bond donors (Lipinski definition) is 0. The number of rotatable bonds is 5. The van der Waals surface area contributed by atoms with Crippen molar-refractivity contribution in [3.63, 3.8) is 0 Å². The van der Waals surface area contributed by atoms with E-state index in [0.29, 0.717) is 51.5 Å². The monoisotopic (exact) mass is 367 g/mol. The van der Waals surface area contributed by atoms with Crippen molar-refractivity contribution < 1.29 is 13.2 Å². The van der Waals surface area contributed by atoms with Crippen LogP contribution in [0.1, 0.15) is 25.7 Å². The quantitative estimate of drug-likeness (QED) is 0.754. The molecule has 138 valence electrons. The molecule has 0 N–H and O–H groups in total. The minimum Gasteiger partial charge on any atom is -0.379 e. The Labute approximate surface area is 149 Å². The first-order valence-corrected chi connectivity index (χ1v) is 10.4. The van der Waals surface area contributed by atoms with Crippen LogP contribution in [0.25, 0.3) is 0 Å². The predicted molar refractivity (Wildman–Crippen MR) is 93.4 cm³/mol. The van der Waals surface area contributed by atoms with E-state index in [0.717, 1.165) is 18.7 Å². The van der Waals surface area contributed by atoms with Gasteiger partial charge in [-0.15, -0.1) is 0 Å². The highest BCUT2D eigenvalue weighted by atomic mass is 32.2. The Bertz CT molecular complexity index is 668. The molecule has 25 heavy (non-hydrogen) atoms. The van der Waals surface area contributed by atoms with Crippen LogP contribution in [-0.2, 0) is 14.9 Å². The second kappa shape index (κ2) is 7.14. The third-order valence-electron chi connectivity index (χ3n) is 5.21. The first-order valence-electron chi connectivity index (χ1n) is 9.03. The molecule has 1 aromatic rings. The van der Waals surface area contributed by atoms with Crippen LogP contribution in [-0.4, -0.2) is 78.5 Å². The van der Waals surface area contributed by atoms with Crippen molar-refractivity contribution in [2.45, 2.75) is 37.8 Å². The minimum atomic E-state index is -3.36. The molecule has 0 bridgehead atoms. The largest absolute Gasteiger partial charge is 0.379 e. The second-order valence-electron chi connectivity index (χ2n) is 6.86. The van der Waals surface area contributed by atoms with Gasteiger partial charge in [0.2, 0.25) is 0 Å². The summed E-state index contributed by atoms with van der Waals surface area (Å²) in [5.74, 6) is 0.965. The van der Waals surface area contributed by atoms with Gasteiger partial charge in [0.15, 0.2) is 0 Å². The molecule has 3 fully saturated rings. The predicted octanol–water partition coefficient (Wildman–Crippen LogP) is 0.487. The average Bonchev–Trinajstić information content (AvgIpc) is 3.49. The van der Waals surface area contributed by atoms with Gasteiger partial charge in [0, 0.05) is 44.5 Å². The third kappa shape index (κ3) is 3.64. The van der Waals surface area contributed by atoms with Gasteiger partial charge in [-0.3, -0.25) is 0 Å². The van der Waals surface area contributed by atoms with Gasteiger partial charge in [0.25, 0.3) is 10.2 Å². The Kier molecular flexibility index (Phi) is 4.90. The van der Waals surface area contributed by atoms with Crippen LogP contribution in [0.4, 0.5) is 5.82 Å². The topological polar surface area (TPSA) is 78.9 Å².